The van der Waals surface area contributed by atoms with E-state index in [9.17, 15) is 0 Å². The van der Waals surface area contributed by atoms with Gasteiger partial charge in [-0.05, 0) is 37.8 Å². The van der Waals surface area contributed by atoms with Crippen molar-refractivity contribution in [3.63, 3.8) is 0 Å². The molecule has 0 saturated heterocycles. The van der Waals surface area contributed by atoms with Crippen molar-refractivity contribution < 1.29 is 0 Å². The summed E-state index contributed by atoms with van der Waals surface area (Å²) in [5, 5.41) is 9.17. The van der Waals surface area contributed by atoms with Gasteiger partial charge in [0.15, 0.2) is 8.68 Å². The van der Waals surface area contributed by atoms with E-state index in [0.717, 1.165) is 37.9 Å². The van der Waals surface area contributed by atoms with E-state index >= 15 is 0 Å². The van der Waals surface area contributed by atoms with Crippen LogP contribution in [-0.4, -0.2) is 26.4 Å². The maximum absolute atomic E-state index is 5.55. The summed E-state index contributed by atoms with van der Waals surface area (Å²) < 4.78 is 1.85. The summed E-state index contributed by atoms with van der Waals surface area (Å²) in [6, 6.07) is 0. The number of nitrogen functional groups attached to an aromatic ring is 1. The van der Waals surface area contributed by atoms with Crippen LogP contribution in [0.1, 0.15) is 30.1 Å². The van der Waals surface area contributed by atoms with Crippen molar-refractivity contribution in [2.45, 2.75) is 39.4 Å². The Morgan fingerprint density at radius 3 is 2.60 bits per heavy atom. The number of nitrogens with two attached hydrogens (primary N) is 1. The molecule has 106 valence electrons. The van der Waals surface area contributed by atoms with Crippen LogP contribution in [0, 0.1) is 6.92 Å². The average Bonchev–Trinajstić information content (AvgIpc) is 3.21. The van der Waals surface area contributed by atoms with Crippen LogP contribution < -0.4 is 11.3 Å². The first-order chi connectivity index (χ1) is 9.71. The minimum atomic E-state index is 0.484. The second-order valence-electron chi connectivity index (χ2n) is 4.42. The van der Waals surface area contributed by atoms with Gasteiger partial charge in [-0.1, -0.05) is 23.1 Å². The van der Waals surface area contributed by atoms with Crippen LogP contribution in [0.5, 0.6) is 0 Å². The number of aromatic nitrogens is 4. The maximum Gasteiger partial charge on any atom is 0.181 e. The van der Waals surface area contributed by atoms with Crippen LogP contribution >= 0.6 is 34.9 Å². The third kappa shape index (κ3) is 2.90. The minimum absolute atomic E-state index is 0.484. The van der Waals surface area contributed by atoms with Gasteiger partial charge in [0.2, 0.25) is 0 Å². The van der Waals surface area contributed by atoms with Crippen molar-refractivity contribution in [1.29, 1.82) is 0 Å². The first-order valence-electron chi connectivity index (χ1n) is 6.11. The standard InChI is InChI=1S/C11H14N6S3/c1-5-7(15-12)13-8(6-3-4-6)14-9(5)19-11-17-16-10(18-2)20-11/h6H,3-4,12H2,1-2H3,(H,13,14,15). The maximum atomic E-state index is 5.55. The summed E-state index contributed by atoms with van der Waals surface area (Å²) in [7, 11) is 0. The average molecular weight is 326 g/mol. The molecule has 2 heterocycles. The summed E-state index contributed by atoms with van der Waals surface area (Å²) in [4.78, 5) is 9.14. The highest BCUT2D eigenvalue weighted by molar-refractivity contribution is 8.03. The Balaban J connectivity index is 1.92. The monoisotopic (exact) mass is 326 g/mol. The van der Waals surface area contributed by atoms with Crippen LogP contribution in [0.15, 0.2) is 13.7 Å². The summed E-state index contributed by atoms with van der Waals surface area (Å²) in [6.07, 6.45) is 4.31. The van der Waals surface area contributed by atoms with E-state index in [1.807, 2.05) is 13.2 Å². The van der Waals surface area contributed by atoms with Crippen LogP contribution in [0.4, 0.5) is 5.82 Å². The van der Waals surface area contributed by atoms with Crippen molar-refractivity contribution >= 4 is 40.7 Å². The fourth-order valence-electron chi connectivity index (χ4n) is 1.68. The van der Waals surface area contributed by atoms with Gasteiger partial charge in [0.25, 0.3) is 0 Å². The van der Waals surface area contributed by atoms with Gasteiger partial charge in [0, 0.05) is 11.5 Å². The predicted octanol–water partition coefficient (Wildman–Crippen LogP) is 2.67. The lowest BCUT2D eigenvalue weighted by molar-refractivity contribution is 0.860. The highest BCUT2D eigenvalue weighted by atomic mass is 32.2. The number of rotatable bonds is 5. The number of anilines is 1. The second kappa shape index (κ2) is 5.84. The zero-order chi connectivity index (χ0) is 14.1. The molecule has 1 fully saturated rings. The molecule has 0 spiro atoms. The van der Waals surface area contributed by atoms with E-state index in [4.69, 9.17) is 5.84 Å². The number of hydrazine groups is 1. The van der Waals surface area contributed by atoms with E-state index in [2.05, 4.69) is 25.6 Å². The molecule has 0 aliphatic heterocycles. The Labute approximate surface area is 129 Å². The molecule has 0 bridgehead atoms. The number of hydrogen-bond donors (Lipinski definition) is 2. The summed E-state index contributed by atoms with van der Waals surface area (Å²) in [5.74, 6) is 7.60. The normalized spacial score (nSPS) is 14.6. The molecule has 2 aromatic rings. The van der Waals surface area contributed by atoms with Gasteiger partial charge in [0.1, 0.15) is 16.7 Å². The minimum Gasteiger partial charge on any atom is -0.308 e. The smallest absolute Gasteiger partial charge is 0.181 e. The van der Waals surface area contributed by atoms with Gasteiger partial charge in [-0.25, -0.2) is 15.8 Å². The van der Waals surface area contributed by atoms with E-state index in [1.54, 1.807) is 23.1 Å². The molecule has 0 unspecified atom stereocenters. The fraction of sp³-hybridized carbons (Fsp3) is 0.455. The van der Waals surface area contributed by atoms with Crippen LogP contribution in [-0.2, 0) is 0 Å². The Hall–Kier alpha value is -0.900. The summed E-state index contributed by atoms with van der Waals surface area (Å²) in [5.41, 5.74) is 3.61. The van der Waals surface area contributed by atoms with Gasteiger partial charge in [-0.2, -0.15) is 0 Å². The fourth-order valence-corrected chi connectivity index (χ4v) is 4.12. The number of nitrogens with zero attached hydrogens (tertiary/aromatic N) is 4. The molecule has 2 aromatic heterocycles. The number of nitrogens with one attached hydrogen (secondary N) is 1. The van der Waals surface area contributed by atoms with E-state index in [-0.39, 0.29) is 0 Å². The Bertz CT molecular complexity index is 625. The molecular weight excluding hydrogens is 312 g/mol. The molecule has 6 nitrogen and oxygen atoms in total. The largest absolute Gasteiger partial charge is 0.308 e. The zero-order valence-electron chi connectivity index (χ0n) is 11.1. The summed E-state index contributed by atoms with van der Waals surface area (Å²) in [6.45, 7) is 1.96. The van der Waals surface area contributed by atoms with Gasteiger partial charge in [-0.3, -0.25) is 0 Å². The molecule has 1 saturated carbocycles. The topological polar surface area (TPSA) is 89.6 Å². The van der Waals surface area contributed by atoms with Gasteiger partial charge in [0.05, 0.1) is 0 Å². The van der Waals surface area contributed by atoms with E-state index < -0.39 is 0 Å². The first kappa shape index (κ1) is 14.1. The van der Waals surface area contributed by atoms with E-state index in [1.165, 1.54) is 11.8 Å². The Morgan fingerprint density at radius 2 is 2.00 bits per heavy atom. The number of hydrogen-bond acceptors (Lipinski definition) is 9. The molecule has 0 radical (unpaired) electrons. The summed E-state index contributed by atoms with van der Waals surface area (Å²) >= 11 is 4.69. The first-order valence-corrected chi connectivity index (χ1v) is 8.97. The van der Waals surface area contributed by atoms with Crippen molar-refractivity contribution in [1.82, 2.24) is 20.2 Å². The highest BCUT2D eigenvalue weighted by Gasteiger charge is 2.28. The Kier molecular flexibility index (Phi) is 4.11. The van der Waals surface area contributed by atoms with Gasteiger partial charge in [-0.15, -0.1) is 10.2 Å². The predicted molar refractivity (Wildman–Crippen MR) is 82.4 cm³/mol. The molecule has 0 amide bonds. The molecular formula is C11H14N6S3. The molecule has 3 N–H and O–H groups in total. The number of thioether (sulfide) groups is 1. The third-order valence-corrected chi connectivity index (χ3v) is 5.98. The quantitative estimate of drug-likeness (QED) is 0.375. The SMILES string of the molecule is CSc1nnc(Sc2nc(C3CC3)nc(NN)c2C)s1. The molecule has 1 aliphatic carbocycles. The van der Waals surface area contributed by atoms with Crippen molar-refractivity contribution in [3.05, 3.63) is 11.4 Å². The molecule has 3 rings (SSSR count). The van der Waals surface area contributed by atoms with Gasteiger partial charge >= 0.3 is 0 Å². The van der Waals surface area contributed by atoms with Crippen LogP contribution in [0.2, 0.25) is 0 Å². The van der Waals surface area contributed by atoms with Crippen LogP contribution in [0.3, 0.4) is 0 Å². The highest BCUT2D eigenvalue weighted by Crippen LogP contribution is 2.41. The van der Waals surface area contributed by atoms with Crippen molar-refractivity contribution in [2.24, 2.45) is 5.84 Å². The van der Waals surface area contributed by atoms with E-state index in [0.29, 0.717) is 11.7 Å². The molecule has 1 aliphatic rings. The lowest BCUT2D eigenvalue weighted by Gasteiger charge is -2.10. The molecule has 0 aromatic carbocycles. The zero-order valence-corrected chi connectivity index (χ0v) is 13.5. The third-order valence-electron chi connectivity index (χ3n) is 2.94. The Morgan fingerprint density at radius 1 is 1.25 bits per heavy atom. The molecule has 0 atom stereocenters. The lowest BCUT2D eigenvalue weighted by Crippen LogP contribution is -2.13. The second-order valence-corrected chi connectivity index (χ2v) is 7.69. The van der Waals surface area contributed by atoms with Crippen molar-refractivity contribution in [2.75, 3.05) is 11.7 Å². The lowest BCUT2D eigenvalue weighted by atomic mass is 10.3. The molecule has 20 heavy (non-hydrogen) atoms. The van der Waals surface area contributed by atoms with Crippen molar-refractivity contribution in [3.8, 4) is 0 Å². The molecule has 9 heteroatoms. The van der Waals surface area contributed by atoms with Crippen LogP contribution in [0.25, 0.3) is 0 Å². The van der Waals surface area contributed by atoms with Gasteiger partial charge < -0.3 is 5.43 Å².